The Bertz CT molecular complexity index is 218. The van der Waals surface area contributed by atoms with Crippen molar-refractivity contribution in [3.8, 4) is 0 Å². The molecule has 0 aromatic carbocycles. The van der Waals surface area contributed by atoms with Gasteiger partial charge in [-0.2, -0.15) is 0 Å². The van der Waals surface area contributed by atoms with E-state index in [0.29, 0.717) is 5.69 Å². The Kier molecular flexibility index (Phi) is 2.11. The smallest absolute Gasteiger partial charge is 0.186 e. The molecule has 54 valence electrons. The average molecular weight is 156 g/mol. The Morgan fingerprint density at radius 2 is 2.40 bits per heavy atom. The fourth-order valence-corrected chi connectivity index (χ4v) is 1.01. The normalized spacial score (nSPS) is 10.3. The fourth-order valence-electron chi connectivity index (χ4n) is 0.568. The summed E-state index contributed by atoms with van der Waals surface area (Å²) >= 11 is 1.20. The number of carbonyl (C=O) groups excluding carboxylic acids is 1. The molecule has 1 aromatic rings. The van der Waals surface area contributed by atoms with Gasteiger partial charge in [-0.05, 0) is 11.5 Å². The summed E-state index contributed by atoms with van der Waals surface area (Å²) < 4.78 is 3.60. The van der Waals surface area contributed by atoms with Crippen molar-refractivity contribution in [3.63, 3.8) is 0 Å². The number of carbonyl (C=O) groups is 1. The Labute approximate surface area is 63.2 Å². The maximum Gasteiger partial charge on any atom is 0.186 e. The van der Waals surface area contributed by atoms with Crippen LogP contribution in [0.25, 0.3) is 0 Å². The van der Waals surface area contributed by atoms with E-state index in [9.17, 15) is 4.79 Å². The lowest BCUT2D eigenvalue weighted by molar-refractivity contribution is 0.0934. The third-order valence-electron chi connectivity index (χ3n) is 1.14. The summed E-state index contributed by atoms with van der Waals surface area (Å²) in [4.78, 5) is 11.1. The predicted octanol–water partition coefficient (Wildman–Crippen LogP) is 1.38. The van der Waals surface area contributed by atoms with Crippen molar-refractivity contribution in [2.75, 3.05) is 0 Å². The first kappa shape index (κ1) is 7.34. The van der Waals surface area contributed by atoms with Gasteiger partial charge in [0.1, 0.15) is 5.69 Å². The summed E-state index contributed by atoms with van der Waals surface area (Å²) in [6, 6.07) is 0. The van der Waals surface area contributed by atoms with Gasteiger partial charge in [0, 0.05) is 11.3 Å². The molecule has 0 saturated heterocycles. The topological polar surface area (TPSA) is 42.9 Å². The Balaban J connectivity index is 2.78. The summed E-state index contributed by atoms with van der Waals surface area (Å²) in [5, 5.41) is 5.33. The first-order valence-electron chi connectivity index (χ1n) is 3.03. The van der Waals surface area contributed by atoms with Gasteiger partial charge in [-0.15, -0.1) is 5.10 Å². The van der Waals surface area contributed by atoms with Crippen LogP contribution in [0.5, 0.6) is 0 Å². The van der Waals surface area contributed by atoms with Gasteiger partial charge in [0.2, 0.25) is 0 Å². The number of hydrogen-bond donors (Lipinski definition) is 0. The quantitative estimate of drug-likeness (QED) is 0.607. The maximum absolute atomic E-state index is 11.1. The second-order valence-electron chi connectivity index (χ2n) is 2.31. The minimum absolute atomic E-state index is 0.0175. The van der Waals surface area contributed by atoms with E-state index in [1.807, 2.05) is 13.8 Å². The molecule has 4 heteroatoms. The van der Waals surface area contributed by atoms with Crippen LogP contribution in [0, 0.1) is 5.92 Å². The molecule has 0 aliphatic rings. The van der Waals surface area contributed by atoms with E-state index in [2.05, 4.69) is 9.59 Å². The van der Waals surface area contributed by atoms with Gasteiger partial charge in [-0.25, -0.2) is 0 Å². The van der Waals surface area contributed by atoms with Crippen LogP contribution in [0.1, 0.15) is 24.3 Å². The molecule has 1 heterocycles. The third-order valence-corrected chi connectivity index (χ3v) is 1.64. The number of aromatic nitrogens is 2. The lowest BCUT2D eigenvalue weighted by Crippen LogP contribution is -2.07. The van der Waals surface area contributed by atoms with Gasteiger partial charge in [-0.3, -0.25) is 4.79 Å². The number of Topliss-reactive ketones (excluding diaryl/α,β-unsaturated/α-hetero) is 1. The van der Waals surface area contributed by atoms with Crippen molar-refractivity contribution < 1.29 is 4.79 Å². The molecule has 1 aromatic heterocycles. The van der Waals surface area contributed by atoms with Gasteiger partial charge in [0.05, 0.1) is 0 Å². The Morgan fingerprint density at radius 3 is 2.80 bits per heavy atom. The van der Waals surface area contributed by atoms with E-state index < -0.39 is 0 Å². The molecule has 3 nitrogen and oxygen atoms in total. The molecule has 0 amide bonds. The molecule has 0 N–H and O–H groups in total. The molecule has 0 saturated carbocycles. The van der Waals surface area contributed by atoms with E-state index in [4.69, 9.17) is 0 Å². The average Bonchev–Trinajstić information content (AvgIpc) is 2.36. The largest absolute Gasteiger partial charge is 0.292 e. The third kappa shape index (κ3) is 1.39. The van der Waals surface area contributed by atoms with Crippen LogP contribution in [0.15, 0.2) is 5.38 Å². The van der Waals surface area contributed by atoms with E-state index >= 15 is 0 Å². The van der Waals surface area contributed by atoms with E-state index in [-0.39, 0.29) is 11.7 Å². The summed E-state index contributed by atoms with van der Waals surface area (Å²) in [5.41, 5.74) is 0.486. The van der Waals surface area contributed by atoms with Gasteiger partial charge in [-0.1, -0.05) is 18.3 Å². The lowest BCUT2D eigenvalue weighted by Gasteiger charge is -1.96. The molecule has 0 fully saturated rings. The monoisotopic (exact) mass is 156 g/mol. The van der Waals surface area contributed by atoms with Crippen LogP contribution in [-0.2, 0) is 0 Å². The van der Waals surface area contributed by atoms with Crippen LogP contribution in [0.2, 0.25) is 0 Å². The molecular weight excluding hydrogens is 148 g/mol. The van der Waals surface area contributed by atoms with E-state index in [0.717, 1.165) is 0 Å². The molecule has 0 radical (unpaired) electrons. The summed E-state index contributed by atoms with van der Waals surface area (Å²) in [6.07, 6.45) is 0. The highest BCUT2D eigenvalue weighted by atomic mass is 32.1. The number of nitrogens with zero attached hydrogens (tertiary/aromatic N) is 2. The van der Waals surface area contributed by atoms with Crippen LogP contribution in [0.4, 0.5) is 0 Å². The predicted molar refractivity (Wildman–Crippen MR) is 39.1 cm³/mol. The van der Waals surface area contributed by atoms with Crippen LogP contribution < -0.4 is 0 Å². The molecule has 1 rings (SSSR count). The number of rotatable bonds is 2. The zero-order chi connectivity index (χ0) is 7.56. The highest BCUT2D eigenvalue weighted by Gasteiger charge is 2.11. The summed E-state index contributed by atoms with van der Waals surface area (Å²) in [5.74, 6) is 0.0812. The molecule has 10 heavy (non-hydrogen) atoms. The number of hydrogen-bond acceptors (Lipinski definition) is 4. The standard InChI is InChI=1S/C6H8N2OS/c1-4(2)6(9)5-3-10-8-7-5/h3-4H,1-2H3. The molecule has 0 atom stereocenters. The van der Waals surface area contributed by atoms with Crippen molar-refractivity contribution in [1.29, 1.82) is 0 Å². The molecule has 0 bridgehead atoms. The molecule has 0 aliphatic heterocycles. The van der Waals surface area contributed by atoms with Crippen molar-refractivity contribution in [2.24, 2.45) is 5.92 Å². The summed E-state index contributed by atoms with van der Waals surface area (Å²) in [7, 11) is 0. The Hall–Kier alpha value is -0.770. The van der Waals surface area contributed by atoms with Crippen LogP contribution >= 0.6 is 11.5 Å². The minimum Gasteiger partial charge on any atom is -0.292 e. The zero-order valence-corrected chi connectivity index (χ0v) is 6.68. The highest BCUT2D eigenvalue weighted by Crippen LogP contribution is 2.05. The highest BCUT2D eigenvalue weighted by molar-refractivity contribution is 7.03. The van der Waals surface area contributed by atoms with Gasteiger partial charge in [0.15, 0.2) is 5.78 Å². The Morgan fingerprint density at radius 1 is 1.70 bits per heavy atom. The van der Waals surface area contributed by atoms with E-state index in [1.165, 1.54) is 11.5 Å². The van der Waals surface area contributed by atoms with Gasteiger partial charge in [0.25, 0.3) is 0 Å². The lowest BCUT2D eigenvalue weighted by atomic mass is 10.1. The zero-order valence-electron chi connectivity index (χ0n) is 5.87. The maximum atomic E-state index is 11.1. The molecule has 0 aliphatic carbocycles. The summed E-state index contributed by atoms with van der Waals surface area (Å²) in [6.45, 7) is 3.70. The van der Waals surface area contributed by atoms with Crippen LogP contribution in [0.3, 0.4) is 0 Å². The van der Waals surface area contributed by atoms with Crippen LogP contribution in [-0.4, -0.2) is 15.4 Å². The SMILES string of the molecule is CC(C)C(=O)c1csnn1. The molecular formula is C6H8N2OS. The minimum atomic E-state index is 0.0175. The van der Waals surface area contributed by atoms with Crippen molar-refractivity contribution in [2.45, 2.75) is 13.8 Å². The number of ketones is 1. The fraction of sp³-hybridized carbons (Fsp3) is 0.500. The first-order valence-corrected chi connectivity index (χ1v) is 3.86. The molecule has 0 spiro atoms. The molecule has 0 unspecified atom stereocenters. The van der Waals surface area contributed by atoms with Gasteiger partial charge < -0.3 is 0 Å². The second kappa shape index (κ2) is 2.88. The van der Waals surface area contributed by atoms with E-state index in [1.54, 1.807) is 5.38 Å². The van der Waals surface area contributed by atoms with Gasteiger partial charge >= 0.3 is 0 Å². The second-order valence-corrected chi connectivity index (χ2v) is 2.92. The first-order chi connectivity index (χ1) is 4.72. The van der Waals surface area contributed by atoms with Crippen molar-refractivity contribution in [1.82, 2.24) is 9.59 Å². The van der Waals surface area contributed by atoms with Crippen molar-refractivity contribution in [3.05, 3.63) is 11.1 Å². The van der Waals surface area contributed by atoms with Crippen molar-refractivity contribution >= 4 is 17.3 Å².